The van der Waals surface area contributed by atoms with Gasteiger partial charge in [0.25, 0.3) is 0 Å². The van der Waals surface area contributed by atoms with Gasteiger partial charge in [-0.3, -0.25) is 4.79 Å². The molecule has 0 aliphatic carbocycles. The van der Waals surface area contributed by atoms with E-state index < -0.39 is 10.0 Å². The van der Waals surface area contributed by atoms with Crippen LogP contribution in [0.1, 0.15) is 31.2 Å². The molecule has 1 saturated heterocycles. The molecule has 0 spiro atoms. The fourth-order valence-corrected chi connectivity index (χ4v) is 5.59. The van der Waals surface area contributed by atoms with Gasteiger partial charge >= 0.3 is 0 Å². The zero-order valence-electron chi connectivity index (χ0n) is 16.3. The van der Waals surface area contributed by atoms with E-state index in [1.165, 1.54) is 16.4 Å². The first-order valence-electron chi connectivity index (χ1n) is 9.86. The first kappa shape index (κ1) is 21.0. The Labute approximate surface area is 181 Å². The zero-order valence-corrected chi connectivity index (χ0v) is 17.9. The molecule has 1 atom stereocenters. The number of carbonyl (C=O) groups excluding carboxylic acids is 1. The molecule has 1 amide bonds. The standard InChI is InChI=1S/C21H23ClN2O5S/c22-16-5-7-18(8-6-16)30(26,27)24-10-2-1-3-17(24)12-21(25)23-13-15-4-9-19-20(11-15)29-14-28-19/h4-9,11,17H,1-3,10,12-14H2,(H,23,25)/t17-/m0/s1. The van der Waals surface area contributed by atoms with E-state index in [-0.39, 0.29) is 30.1 Å². The van der Waals surface area contributed by atoms with Crippen molar-refractivity contribution in [2.45, 2.75) is 43.2 Å². The lowest BCUT2D eigenvalue weighted by atomic mass is 10.0. The Bertz CT molecular complexity index is 1030. The van der Waals surface area contributed by atoms with Crippen molar-refractivity contribution in [3.8, 4) is 11.5 Å². The SMILES string of the molecule is O=C(C[C@@H]1CCCCN1S(=O)(=O)c1ccc(Cl)cc1)NCc1ccc2c(c1)OCO2. The van der Waals surface area contributed by atoms with Crippen molar-refractivity contribution in [2.75, 3.05) is 13.3 Å². The molecule has 2 heterocycles. The molecule has 0 unspecified atom stereocenters. The summed E-state index contributed by atoms with van der Waals surface area (Å²) in [7, 11) is -3.68. The normalized spacial score (nSPS) is 18.9. The summed E-state index contributed by atoms with van der Waals surface area (Å²) in [4.78, 5) is 12.8. The summed E-state index contributed by atoms with van der Waals surface area (Å²) >= 11 is 5.89. The highest BCUT2D eigenvalue weighted by Crippen LogP contribution is 2.32. The van der Waals surface area contributed by atoms with Gasteiger partial charge in [-0.15, -0.1) is 0 Å². The van der Waals surface area contributed by atoms with Crippen molar-refractivity contribution in [1.82, 2.24) is 9.62 Å². The van der Waals surface area contributed by atoms with Gasteiger partial charge in [-0.05, 0) is 54.8 Å². The Morgan fingerprint density at radius 2 is 1.87 bits per heavy atom. The van der Waals surface area contributed by atoms with Crippen LogP contribution in [-0.4, -0.2) is 38.0 Å². The van der Waals surface area contributed by atoms with Gasteiger partial charge in [0.15, 0.2) is 11.5 Å². The second-order valence-electron chi connectivity index (χ2n) is 7.39. The molecule has 30 heavy (non-hydrogen) atoms. The summed E-state index contributed by atoms with van der Waals surface area (Å²) in [5.74, 6) is 1.17. The molecular formula is C21H23ClN2O5S. The summed E-state index contributed by atoms with van der Waals surface area (Å²) in [6.45, 7) is 0.946. The number of amides is 1. The number of piperidine rings is 1. The maximum absolute atomic E-state index is 13.1. The minimum Gasteiger partial charge on any atom is -0.454 e. The molecule has 0 saturated carbocycles. The number of benzene rings is 2. The van der Waals surface area contributed by atoms with E-state index in [4.69, 9.17) is 21.1 Å². The average molecular weight is 451 g/mol. The number of nitrogens with one attached hydrogen (secondary N) is 1. The van der Waals surface area contributed by atoms with Gasteiger partial charge in [0.2, 0.25) is 22.7 Å². The van der Waals surface area contributed by atoms with E-state index in [0.29, 0.717) is 36.0 Å². The molecule has 1 fully saturated rings. The van der Waals surface area contributed by atoms with Crippen molar-refractivity contribution in [3.05, 3.63) is 53.1 Å². The van der Waals surface area contributed by atoms with Crippen LogP contribution in [0.15, 0.2) is 47.4 Å². The Morgan fingerprint density at radius 3 is 2.67 bits per heavy atom. The van der Waals surface area contributed by atoms with E-state index in [0.717, 1.165) is 18.4 Å². The van der Waals surface area contributed by atoms with Crippen LogP contribution >= 0.6 is 11.6 Å². The lowest BCUT2D eigenvalue weighted by molar-refractivity contribution is -0.122. The van der Waals surface area contributed by atoms with Gasteiger partial charge in [0.1, 0.15) is 0 Å². The number of fused-ring (bicyclic) bond motifs is 1. The Morgan fingerprint density at radius 1 is 1.10 bits per heavy atom. The van der Waals surface area contributed by atoms with Gasteiger partial charge in [0, 0.05) is 30.6 Å². The predicted molar refractivity (Wildman–Crippen MR) is 112 cm³/mol. The van der Waals surface area contributed by atoms with Gasteiger partial charge in [-0.25, -0.2) is 8.42 Å². The highest BCUT2D eigenvalue weighted by atomic mass is 35.5. The Kier molecular flexibility index (Phi) is 6.17. The van der Waals surface area contributed by atoms with Crippen LogP contribution in [0.25, 0.3) is 0 Å². The summed E-state index contributed by atoms with van der Waals surface area (Å²) in [6.07, 6.45) is 2.45. The smallest absolute Gasteiger partial charge is 0.243 e. The number of hydrogen-bond donors (Lipinski definition) is 1. The summed E-state index contributed by atoms with van der Waals surface area (Å²) in [6, 6.07) is 11.3. The molecular weight excluding hydrogens is 428 g/mol. The number of rotatable bonds is 6. The van der Waals surface area contributed by atoms with Gasteiger partial charge in [-0.2, -0.15) is 4.31 Å². The van der Waals surface area contributed by atoms with Crippen LogP contribution in [0.5, 0.6) is 11.5 Å². The fraction of sp³-hybridized carbons (Fsp3) is 0.381. The minimum atomic E-state index is -3.68. The number of hydrogen-bond acceptors (Lipinski definition) is 5. The van der Waals surface area contributed by atoms with E-state index in [2.05, 4.69) is 5.32 Å². The minimum absolute atomic E-state index is 0.122. The molecule has 9 heteroatoms. The molecule has 1 N–H and O–H groups in total. The lowest BCUT2D eigenvalue weighted by Crippen LogP contribution is -2.45. The monoisotopic (exact) mass is 450 g/mol. The molecule has 2 aromatic carbocycles. The molecule has 160 valence electrons. The Hall–Kier alpha value is -2.29. The molecule has 2 aliphatic heterocycles. The van der Waals surface area contributed by atoms with Gasteiger partial charge in [0.05, 0.1) is 4.90 Å². The molecule has 7 nitrogen and oxygen atoms in total. The van der Waals surface area contributed by atoms with Crippen LogP contribution < -0.4 is 14.8 Å². The van der Waals surface area contributed by atoms with E-state index >= 15 is 0 Å². The van der Waals surface area contributed by atoms with Gasteiger partial charge in [-0.1, -0.05) is 24.1 Å². The van der Waals surface area contributed by atoms with Crippen LogP contribution in [0.4, 0.5) is 0 Å². The number of carbonyl (C=O) groups is 1. The van der Waals surface area contributed by atoms with Gasteiger partial charge < -0.3 is 14.8 Å². The number of halogens is 1. The third-order valence-electron chi connectivity index (χ3n) is 5.34. The average Bonchev–Trinajstić information content (AvgIpc) is 3.21. The largest absolute Gasteiger partial charge is 0.454 e. The zero-order chi connectivity index (χ0) is 21.1. The Balaban J connectivity index is 1.40. The van der Waals surface area contributed by atoms with Crippen molar-refractivity contribution in [1.29, 1.82) is 0 Å². The molecule has 4 rings (SSSR count). The molecule has 0 bridgehead atoms. The van der Waals surface area contributed by atoms with E-state index in [1.54, 1.807) is 12.1 Å². The predicted octanol–water partition coefficient (Wildman–Crippen LogP) is 3.32. The number of sulfonamides is 1. The number of ether oxygens (including phenoxy) is 2. The summed E-state index contributed by atoms with van der Waals surface area (Å²) in [5.41, 5.74) is 0.891. The van der Waals surface area contributed by atoms with Crippen molar-refractivity contribution >= 4 is 27.5 Å². The third kappa shape index (κ3) is 4.55. The molecule has 2 aliphatic rings. The summed E-state index contributed by atoms with van der Waals surface area (Å²) in [5, 5.41) is 3.36. The maximum Gasteiger partial charge on any atom is 0.243 e. The highest BCUT2D eigenvalue weighted by molar-refractivity contribution is 7.89. The first-order valence-corrected chi connectivity index (χ1v) is 11.7. The maximum atomic E-state index is 13.1. The molecule has 0 radical (unpaired) electrons. The fourth-order valence-electron chi connectivity index (χ4n) is 3.77. The van der Waals surface area contributed by atoms with Crippen LogP contribution in [0.3, 0.4) is 0 Å². The first-order chi connectivity index (χ1) is 14.4. The second-order valence-corrected chi connectivity index (χ2v) is 9.71. The van der Waals surface area contributed by atoms with Crippen molar-refractivity contribution in [3.63, 3.8) is 0 Å². The lowest BCUT2D eigenvalue weighted by Gasteiger charge is -2.34. The number of nitrogens with zero attached hydrogens (tertiary/aromatic N) is 1. The van der Waals surface area contributed by atoms with E-state index in [1.807, 2.05) is 18.2 Å². The van der Waals surface area contributed by atoms with E-state index in [9.17, 15) is 13.2 Å². The van der Waals surface area contributed by atoms with Crippen molar-refractivity contribution in [2.24, 2.45) is 0 Å². The van der Waals surface area contributed by atoms with Crippen LogP contribution in [0.2, 0.25) is 5.02 Å². The molecule has 0 aromatic heterocycles. The molecule has 2 aromatic rings. The third-order valence-corrected chi connectivity index (χ3v) is 7.56. The second kappa shape index (κ2) is 8.83. The van der Waals surface area contributed by atoms with Crippen LogP contribution in [0, 0.1) is 0 Å². The summed E-state index contributed by atoms with van der Waals surface area (Å²) < 4.78 is 38.3. The van der Waals surface area contributed by atoms with Crippen LogP contribution in [-0.2, 0) is 21.4 Å². The topological polar surface area (TPSA) is 84.9 Å². The highest BCUT2D eigenvalue weighted by Gasteiger charge is 2.34. The quantitative estimate of drug-likeness (QED) is 0.729. The van der Waals surface area contributed by atoms with Crippen molar-refractivity contribution < 1.29 is 22.7 Å².